The topological polar surface area (TPSA) is 102 Å². The van der Waals surface area contributed by atoms with Gasteiger partial charge in [0.1, 0.15) is 0 Å². The number of nitrogens with zero attached hydrogens (tertiary/aromatic N) is 3. The van der Waals surface area contributed by atoms with E-state index in [9.17, 15) is 9.59 Å². The summed E-state index contributed by atoms with van der Waals surface area (Å²) in [6.07, 6.45) is 1.76. The second-order valence-electron chi connectivity index (χ2n) is 4.19. The molecule has 0 unspecified atom stereocenters. The van der Waals surface area contributed by atoms with Crippen LogP contribution in [0.2, 0.25) is 0 Å². The van der Waals surface area contributed by atoms with E-state index >= 15 is 0 Å². The van der Waals surface area contributed by atoms with E-state index < -0.39 is 0 Å². The Morgan fingerprint density at radius 2 is 2.21 bits per heavy atom. The molecule has 0 saturated carbocycles. The Morgan fingerprint density at radius 1 is 1.47 bits per heavy atom. The number of nitrogens with two attached hydrogens (primary N) is 1. The van der Waals surface area contributed by atoms with Gasteiger partial charge < -0.3 is 9.64 Å². The van der Waals surface area contributed by atoms with Crippen molar-refractivity contribution in [3.63, 3.8) is 0 Å². The van der Waals surface area contributed by atoms with Gasteiger partial charge in [-0.2, -0.15) is 5.10 Å². The molecule has 3 N–H and O–H groups in total. The van der Waals surface area contributed by atoms with Crippen molar-refractivity contribution < 1.29 is 9.53 Å². The highest BCUT2D eigenvalue weighted by Gasteiger charge is 2.12. The van der Waals surface area contributed by atoms with E-state index in [0.29, 0.717) is 13.2 Å². The van der Waals surface area contributed by atoms with Crippen LogP contribution in [0.25, 0.3) is 0 Å². The molecule has 1 aromatic heterocycles. The van der Waals surface area contributed by atoms with Crippen LogP contribution in [0.1, 0.15) is 6.42 Å². The number of hydrogen-bond donors (Lipinski definition) is 2. The first-order valence-electron chi connectivity index (χ1n) is 6.10. The molecule has 0 spiro atoms. The molecule has 1 amide bonds. The Kier molecular flexibility index (Phi) is 4.48. The third kappa shape index (κ3) is 3.52. The number of anilines is 1. The number of carbonyl (C=O) groups excluding carboxylic acids is 1. The molecule has 2 heterocycles. The molecule has 1 fully saturated rings. The van der Waals surface area contributed by atoms with Gasteiger partial charge in [-0.3, -0.25) is 15.0 Å². The SMILES string of the molecule is NNC(=O)CCn1ncc(N2CCOCC2)cc1=O. The Bertz CT molecular complexity index is 495. The van der Waals surface area contributed by atoms with Crippen molar-refractivity contribution >= 4 is 11.6 Å². The van der Waals surface area contributed by atoms with Crippen LogP contribution in [0.15, 0.2) is 17.1 Å². The van der Waals surface area contributed by atoms with E-state index in [4.69, 9.17) is 10.6 Å². The molecule has 1 aliphatic heterocycles. The first-order chi connectivity index (χ1) is 9.20. The molecule has 0 radical (unpaired) electrons. The second kappa shape index (κ2) is 6.30. The van der Waals surface area contributed by atoms with E-state index in [1.54, 1.807) is 6.20 Å². The Labute approximate surface area is 110 Å². The molecule has 8 heteroatoms. The first-order valence-corrected chi connectivity index (χ1v) is 6.10. The maximum absolute atomic E-state index is 11.9. The fourth-order valence-electron chi connectivity index (χ4n) is 1.87. The molecular formula is C11H17N5O3. The summed E-state index contributed by atoms with van der Waals surface area (Å²) in [5.41, 5.74) is 2.57. The van der Waals surface area contributed by atoms with Crippen LogP contribution >= 0.6 is 0 Å². The number of hydrogen-bond acceptors (Lipinski definition) is 6. The minimum absolute atomic E-state index is 0.125. The third-order valence-electron chi connectivity index (χ3n) is 2.94. The van der Waals surface area contributed by atoms with Crippen molar-refractivity contribution in [2.45, 2.75) is 13.0 Å². The largest absolute Gasteiger partial charge is 0.378 e. The minimum Gasteiger partial charge on any atom is -0.378 e. The number of ether oxygens (including phenoxy) is 1. The van der Waals surface area contributed by atoms with Crippen molar-refractivity contribution in [3.05, 3.63) is 22.6 Å². The molecular weight excluding hydrogens is 250 g/mol. The zero-order valence-corrected chi connectivity index (χ0v) is 10.5. The lowest BCUT2D eigenvalue weighted by Crippen LogP contribution is -2.37. The van der Waals surface area contributed by atoms with Gasteiger partial charge in [0.25, 0.3) is 5.56 Å². The molecule has 0 aliphatic carbocycles. The molecule has 104 valence electrons. The summed E-state index contributed by atoms with van der Waals surface area (Å²) in [6.45, 7) is 3.02. The fraction of sp³-hybridized carbons (Fsp3) is 0.545. The predicted molar refractivity (Wildman–Crippen MR) is 68.5 cm³/mol. The maximum atomic E-state index is 11.9. The zero-order chi connectivity index (χ0) is 13.7. The van der Waals surface area contributed by atoms with E-state index in [-0.39, 0.29) is 24.4 Å². The van der Waals surface area contributed by atoms with Crippen molar-refractivity contribution in [2.75, 3.05) is 31.2 Å². The highest BCUT2D eigenvalue weighted by Crippen LogP contribution is 2.11. The monoisotopic (exact) mass is 267 g/mol. The summed E-state index contributed by atoms with van der Waals surface area (Å²) in [6, 6.07) is 1.53. The zero-order valence-electron chi connectivity index (χ0n) is 10.5. The fourth-order valence-corrected chi connectivity index (χ4v) is 1.87. The highest BCUT2D eigenvalue weighted by atomic mass is 16.5. The number of aryl methyl sites for hydroxylation is 1. The van der Waals surface area contributed by atoms with Crippen LogP contribution in [-0.2, 0) is 16.1 Å². The summed E-state index contributed by atoms with van der Waals surface area (Å²) in [4.78, 5) is 24.9. The molecule has 2 rings (SSSR count). The van der Waals surface area contributed by atoms with Crippen LogP contribution in [0, 0.1) is 0 Å². The maximum Gasteiger partial charge on any atom is 0.268 e. The van der Waals surface area contributed by atoms with Crippen LogP contribution in [0.4, 0.5) is 5.69 Å². The normalized spacial score (nSPS) is 15.3. The van der Waals surface area contributed by atoms with Crippen LogP contribution in [0.5, 0.6) is 0 Å². The van der Waals surface area contributed by atoms with E-state index in [1.165, 1.54) is 10.7 Å². The number of amides is 1. The molecule has 1 aliphatic rings. The van der Waals surface area contributed by atoms with Crippen LogP contribution < -0.4 is 21.7 Å². The summed E-state index contributed by atoms with van der Waals surface area (Å²) < 4.78 is 6.50. The average Bonchev–Trinajstić information content (AvgIpc) is 2.46. The lowest BCUT2D eigenvalue weighted by Gasteiger charge is -2.28. The highest BCUT2D eigenvalue weighted by molar-refractivity contribution is 5.74. The number of nitrogens with one attached hydrogen (secondary N) is 1. The van der Waals surface area contributed by atoms with Crippen LogP contribution in [0.3, 0.4) is 0 Å². The van der Waals surface area contributed by atoms with Gasteiger partial charge in [-0.15, -0.1) is 0 Å². The lowest BCUT2D eigenvalue weighted by atomic mass is 10.3. The van der Waals surface area contributed by atoms with E-state index in [1.807, 2.05) is 5.43 Å². The average molecular weight is 267 g/mol. The smallest absolute Gasteiger partial charge is 0.268 e. The van der Waals surface area contributed by atoms with Gasteiger partial charge in [-0.25, -0.2) is 10.5 Å². The van der Waals surface area contributed by atoms with Crippen molar-refractivity contribution in [2.24, 2.45) is 5.84 Å². The first kappa shape index (κ1) is 13.5. The van der Waals surface area contributed by atoms with Crippen molar-refractivity contribution in [3.8, 4) is 0 Å². The summed E-state index contributed by atoms with van der Waals surface area (Å²) in [5.74, 6) is 4.64. The number of hydrazine groups is 1. The summed E-state index contributed by atoms with van der Waals surface area (Å²) in [5, 5.41) is 4.06. The van der Waals surface area contributed by atoms with Gasteiger partial charge in [0.15, 0.2) is 0 Å². The molecule has 1 aromatic rings. The molecule has 0 bridgehead atoms. The van der Waals surface area contributed by atoms with Gasteiger partial charge in [-0.1, -0.05) is 0 Å². The lowest BCUT2D eigenvalue weighted by molar-refractivity contribution is -0.121. The Morgan fingerprint density at radius 3 is 2.84 bits per heavy atom. The summed E-state index contributed by atoms with van der Waals surface area (Å²) in [7, 11) is 0. The quantitative estimate of drug-likeness (QED) is 0.389. The number of aromatic nitrogens is 2. The molecule has 19 heavy (non-hydrogen) atoms. The van der Waals surface area contributed by atoms with E-state index in [0.717, 1.165) is 18.8 Å². The van der Waals surface area contributed by atoms with Gasteiger partial charge in [0.2, 0.25) is 5.91 Å². The summed E-state index contributed by atoms with van der Waals surface area (Å²) >= 11 is 0. The molecule has 0 atom stereocenters. The van der Waals surface area contributed by atoms with Crippen LogP contribution in [-0.4, -0.2) is 42.0 Å². The Hall–Kier alpha value is -1.93. The van der Waals surface area contributed by atoms with Crippen molar-refractivity contribution in [1.82, 2.24) is 15.2 Å². The molecule has 8 nitrogen and oxygen atoms in total. The van der Waals surface area contributed by atoms with Gasteiger partial charge >= 0.3 is 0 Å². The number of carbonyl (C=O) groups is 1. The number of rotatable bonds is 4. The third-order valence-corrected chi connectivity index (χ3v) is 2.94. The van der Waals surface area contributed by atoms with Crippen molar-refractivity contribution in [1.29, 1.82) is 0 Å². The predicted octanol–water partition coefficient (Wildman–Crippen LogP) is -1.54. The van der Waals surface area contributed by atoms with E-state index in [2.05, 4.69) is 10.00 Å². The standard InChI is InChI=1S/C11H17N5O3/c12-14-10(17)1-2-16-11(18)7-9(8-13-16)15-3-5-19-6-4-15/h7-8H,1-6,12H2,(H,14,17). The Balaban J connectivity index is 2.04. The van der Waals surface area contributed by atoms with Gasteiger partial charge in [-0.05, 0) is 0 Å². The van der Waals surface area contributed by atoms with Gasteiger partial charge in [0.05, 0.1) is 31.6 Å². The second-order valence-corrected chi connectivity index (χ2v) is 4.19. The van der Waals surface area contributed by atoms with Gasteiger partial charge in [0, 0.05) is 25.6 Å². The number of morpholine rings is 1. The molecule has 1 saturated heterocycles. The minimum atomic E-state index is -0.328. The molecule has 0 aromatic carbocycles.